The van der Waals surface area contributed by atoms with E-state index < -0.39 is 0 Å². The molecule has 1 aliphatic rings. The highest BCUT2D eigenvalue weighted by Gasteiger charge is 2.20. The smallest absolute Gasteiger partial charge is 0.0543 e. The third-order valence-electron chi connectivity index (χ3n) is 3.89. The van der Waals surface area contributed by atoms with Gasteiger partial charge >= 0.3 is 0 Å². The number of halogens is 1. The average Bonchev–Trinajstić information content (AvgIpc) is 2.48. The number of nitrogens with two attached hydrogens (primary N) is 1. The normalized spacial score (nSPS) is 17.8. The molecular weight excluding hydrogens is 286 g/mol. The number of aryl methyl sites for hydroxylation is 1. The Morgan fingerprint density at radius 1 is 1.20 bits per heavy atom. The Balaban J connectivity index is 1.75. The SMILES string of the molecule is Nc1ccc(Cl)c(SCC2CCCc3ccccc32)c1. The predicted molar refractivity (Wildman–Crippen MR) is 88.7 cm³/mol. The maximum atomic E-state index is 6.24. The highest BCUT2D eigenvalue weighted by Crippen LogP contribution is 2.37. The Hall–Kier alpha value is -1.12. The molecule has 1 unspecified atom stereocenters. The van der Waals surface area contributed by atoms with Gasteiger partial charge in [0.2, 0.25) is 0 Å². The van der Waals surface area contributed by atoms with Gasteiger partial charge in [-0.25, -0.2) is 0 Å². The molecule has 1 atom stereocenters. The summed E-state index contributed by atoms with van der Waals surface area (Å²) in [5.74, 6) is 1.70. The minimum absolute atomic E-state index is 0.627. The second kappa shape index (κ2) is 6.11. The third-order valence-corrected chi connectivity index (χ3v) is 5.55. The van der Waals surface area contributed by atoms with E-state index in [0.717, 1.165) is 21.4 Å². The molecule has 0 amide bonds. The van der Waals surface area contributed by atoms with Crippen molar-refractivity contribution in [1.29, 1.82) is 0 Å². The monoisotopic (exact) mass is 303 g/mol. The van der Waals surface area contributed by atoms with E-state index in [1.165, 1.54) is 30.4 Å². The summed E-state index contributed by atoms with van der Waals surface area (Å²) in [6.45, 7) is 0. The number of rotatable bonds is 3. The van der Waals surface area contributed by atoms with Crippen molar-refractivity contribution in [3.05, 3.63) is 58.6 Å². The van der Waals surface area contributed by atoms with Gasteiger partial charge in [0.05, 0.1) is 5.02 Å². The number of anilines is 1. The van der Waals surface area contributed by atoms with Crippen LogP contribution in [0, 0.1) is 0 Å². The summed E-state index contributed by atoms with van der Waals surface area (Å²) in [6, 6.07) is 14.5. The van der Waals surface area contributed by atoms with Crippen LogP contribution in [0.2, 0.25) is 5.02 Å². The molecule has 3 rings (SSSR count). The lowest BCUT2D eigenvalue weighted by Gasteiger charge is -2.25. The Bertz CT molecular complexity index is 612. The first kappa shape index (κ1) is 13.8. The van der Waals surface area contributed by atoms with Gasteiger partial charge < -0.3 is 5.73 Å². The van der Waals surface area contributed by atoms with Crippen molar-refractivity contribution < 1.29 is 0 Å². The lowest BCUT2D eigenvalue weighted by Crippen LogP contribution is -2.11. The van der Waals surface area contributed by atoms with E-state index in [4.69, 9.17) is 17.3 Å². The van der Waals surface area contributed by atoms with Crippen LogP contribution in [0.5, 0.6) is 0 Å². The van der Waals surface area contributed by atoms with Crippen LogP contribution in [-0.4, -0.2) is 5.75 Å². The summed E-state index contributed by atoms with van der Waals surface area (Å²) in [7, 11) is 0. The number of thioether (sulfide) groups is 1. The molecule has 3 heteroatoms. The molecule has 1 nitrogen and oxygen atoms in total. The topological polar surface area (TPSA) is 26.0 Å². The molecule has 2 aromatic carbocycles. The second-order valence-corrected chi connectivity index (χ2v) is 6.76. The number of benzene rings is 2. The third kappa shape index (κ3) is 2.97. The Morgan fingerprint density at radius 2 is 2.05 bits per heavy atom. The predicted octanol–water partition coefficient (Wildman–Crippen LogP) is 5.13. The fourth-order valence-electron chi connectivity index (χ4n) is 2.85. The van der Waals surface area contributed by atoms with Gasteiger partial charge in [-0.05, 0) is 54.5 Å². The molecule has 20 heavy (non-hydrogen) atoms. The zero-order valence-corrected chi connectivity index (χ0v) is 12.9. The molecule has 0 aromatic heterocycles. The summed E-state index contributed by atoms with van der Waals surface area (Å²) in [5, 5.41) is 0.799. The van der Waals surface area contributed by atoms with Crippen molar-refractivity contribution in [3.8, 4) is 0 Å². The number of fused-ring (bicyclic) bond motifs is 1. The molecule has 0 radical (unpaired) electrons. The van der Waals surface area contributed by atoms with E-state index in [1.807, 2.05) is 30.0 Å². The van der Waals surface area contributed by atoms with Crippen LogP contribution in [0.1, 0.15) is 29.9 Å². The van der Waals surface area contributed by atoms with Crippen molar-refractivity contribution in [3.63, 3.8) is 0 Å². The zero-order valence-electron chi connectivity index (χ0n) is 11.3. The molecule has 0 saturated heterocycles. The van der Waals surface area contributed by atoms with Crippen LogP contribution >= 0.6 is 23.4 Å². The van der Waals surface area contributed by atoms with E-state index in [-0.39, 0.29) is 0 Å². The number of hydrogen-bond acceptors (Lipinski definition) is 2. The Labute approximate surface area is 129 Å². The van der Waals surface area contributed by atoms with Crippen molar-refractivity contribution in [2.45, 2.75) is 30.1 Å². The van der Waals surface area contributed by atoms with E-state index in [9.17, 15) is 0 Å². The molecule has 0 spiro atoms. The van der Waals surface area contributed by atoms with Crippen LogP contribution in [0.15, 0.2) is 47.4 Å². The van der Waals surface area contributed by atoms with Crippen molar-refractivity contribution in [1.82, 2.24) is 0 Å². The first-order valence-electron chi connectivity index (χ1n) is 6.99. The summed E-state index contributed by atoms with van der Waals surface area (Å²) in [4.78, 5) is 1.09. The number of nitrogen functional groups attached to an aromatic ring is 1. The molecule has 0 fully saturated rings. The molecule has 1 aliphatic carbocycles. The van der Waals surface area contributed by atoms with Gasteiger partial charge in [0, 0.05) is 16.3 Å². The van der Waals surface area contributed by atoms with E-state index in [1.54, 1.807) is 0 Å². The van der Waals surface area contributed by atoms with Crippen molar-refractivity contribution in [2.75, 3.05) is 11.5 Å². The summed E-state index contributed by atoms with van der Waals surface area (Å²) in [5.41, 5.74) is 9.66. The first-order chi connectivity index (χ1) is 9.74. The largest absolute Gasteiger partial charge is 0.399 e. The van der Waals surface area contributed by atoms with Gasteiger partial charge in [-0.1, -0.05) is 35.9 Å². The van der Waals surface area contributed by atoms with Gasteiger partial charge in [0.15, 0.2) is 0 Å². The highest BCUT2D eigenvalue weighted by atomic mass is 35.5. The Morgan fingerprint density at radius 3 is 2.95 bits per heavy atom. The molecule has 0 heterocycles. The van der Waals surface area contributed by atoms with E-state index >= 15 is 0 Å². The molecular formula is C17H18ClNS. The van der Waals surface area contributed by atoms with Gasteiger partial charge in [-0.15, -0.1) is 11.8 Å². The maximum Gasteiger partial charge on any atom is 0.0543 e. The molecule has 2 aromatic rings. The number of hydrogen-bond donors (Lipinski definition) is 1. The quantitative estimate of drug-likeness (QED) is 0.628. The standard InChI is InChI=1S/C17H18ClNS/c18-16-9-8-14(19)10-17(16)20-11-13-6-3-5-12-4-1-2-7-15(12)13/h1-2,4,7-10,13H,3,5-6,11,19H2. The minimum atomic E-state index is 0.627. The van der Waals surface area contributed by atoms with Gasteiger partial charge in [0.25, 0.3) is 0 Å². The molecule has 104 valence electrons. The Kier molecular flexibility index (Phi) is 4.23. The fourth-order valence-corrected chi connectivity index (χ4v) is 4.28. The maximum absolute atomic E-state index is 6.24. The molecule has 0 bridgehead atoms. The second-order valence-electron chi connectivity index (χ2n) is 5.29. The van der Waals surface area contributed by atoms with E-state index in [0.29, 0.717) is 5.92 Å². The average molecular weight is 304 g/mol. The first-order valence-corrected chi connectivity index (χ1v) is 8.36. The van der Waals surface area contributed by atoms with Crippen LogP contribution in [0.25, 0.3) is 0 Å². The molecule has 2 N–H and O–H groups in total. The summed E-state index contributed by atoms with van der Waals surface area (Å²) in [6.07, 6.45) is 3.77. The van der Waals surface area contributed by atoms with E-state index in [2.05, 4.69) is 24.3 Å². The molecule has 0 saturated carbocycles. The van der Waals surface area contributed by atoms with Crippen LogP contribution in [0.4, 0.5) is 5.69 Å². The van der Waals surface area contributed by atoms with Crippen LogP contribution < -0.4 is 5.73 Å². The highest BCUT2D eigenvalue weighted by molar-refractivity contribution is 7.99. The van der Waals surface area contributed by atoms with Crippen LogP contribution in [-0.2, 0) is 6.42 Å². The van der Waals surface area contributed by atoms with Crippen molar-refractivity contribution >= 4 is 29.1 Å². The van der Waals surface area contributed by atoms with Gasteiger partial charge in [0.1, 0.15) is 0 Å². The fraction of sp³-hybridized carbons (Fsp3) is 0.294. The van der Waals surface area contributed by atoms with Crippen molar-refractivity contribution in [2.24, 2.45) is 0 Å². The molecule has 0 aliphatic heterocycles. The van der Waals surface area contributed by atoms with Gasteiger partial charge in [-0.2, -0.15) is 0 Å². The lowest BCUT2D eigenvalue weighted by atomic mass is 9.84. The zero-order chi connectivity index (χ0) is 13.9. The summed E-state index contributed by atoms with van der Waals surface area (Å²) < 4.78 is 0. The van der Waals surface area contributed by atoms with Gasteiger partial charge in [-0.3, -0.25) is 0 Å². The summed E-state index contributed by atoms with van der Waals surface area (Å²) >= 11 is 8.06. The van der Waals surface area contributed by atoms with Crippen LogP contribution in [0.3, 0.4) is 0 Å². The lowest BCUT2D eigenvalue weighted by molar-refractivity contribution is 0.596. The minimum Gasteiger partial charge on any atom is -0.399 e.